The summed E-state index contributed by atoms with van der Waals surface area (Å²) in [6.07, 6.45) is 3.11. The van der Waals surface area contributed by atoms with Gasteiger partial charge in [0.2, 0.25) is 17.7 Å². The molecule has 1 saturated heterocycles. The van der Waals surface area contributed by atoms with Crippen LogP contribution in [0.3, 0.4) is 0 Å². The van der Waals surface area contributed by atoms with Crippen molar-refractivity contribution in [3.63, 3.8) is 0 Å². The zero-order valence-electron chi connectivity index (χ0n) is 24.6. The van der Waals surface area contributed by atoms with Crippen molar-refractivity contribution in [3.8, 4) is 5.75 Å². The number of nitrogens with one attached hydrogen (secondary N) is 4. The number of ether oxygens (including phenoxy) is 1. The van der Waals surface area contributed by atoms with Gasteiger partial charge in [-0.15, -0.1) is 0 Å². The Bertz CT molecular complexity index is 1030. The molecular weight excluding hydrogens is 510 g/mol. The summed E-state index contributed by atoms with van der Waals surface area (Å²) in [5.41, 5.74) is 0.262. The van der Waals surface area contributed by atoms with E-state index in [-0.39, 0.29) is 48.4 Å². The van der Waals surface area contributed by atoms with Gasteiger partial charge in [0.25, 0.3) is 5.91 Å². The minimum absolute atomic E-state index is 0.137. The van der Waals surface area contributed by atoms with E-state index < -0.39 is 29.8 Å². The average Bonchev–Trinajstić information content (AvgIpc) is 3.39. The van der Waals surface area contributed by atoms with E-state index in [0.717, 1.165) is 25.9 Å². The molecule has 40 heavy (non-hydrogen) atoms. The second-order valence-corrected chi connectivity index (χ2v) is 11.5. The Labute approximate surface area is 238 Å². The highest BCUT2D eigenvalue weighted by Crippen LogP contribution is 2.20. The van der Waals surface area contributed by atoms with E-state index in [2.05, 4.69) is 46.9 Å². The molecule has 1 fully saturated rings. The van der Waals surface area contributed by atoms with Crippen LogP contribution in [0, 0.1) is 11.8 Å². The number of hydrogen-bond acceptors (Lipinski definition) is 6. The maximum absolute atomic E-state index is 13.4. The molecule has 0 spiro atoms. The van der Waals surface area contributed by atoms with Crippen LogP contribution in [0.4, 0.5) is 0 Å². The van der Waals surface area contributed by atoms with Crippen molar-refractivity contribution in [2.75, 3.05) is 26.2 Å². The van der Waals surface area contributed by atoms with Crippen LogP contribution in [-0.2, 0) is 14.4 Å². The third kappa shape index (κ3) is 8.68. The highest BCUT2D eigenvalue weighted by Gasteiger charge is 2.32. The summed E-state index contributed by atoms with van der Waals surface area (Å²) in [6.45, 7) is 12.6. The van der Waals surface area contributed by atoms with Gasteiger partial charge in [0.1, 0.15) is 24.4 Å². The molecule has 2 aliphatic heterocycles. The molecule has 2 heterocycles. The third-order valence-electron chi connectivity index (χ3n) is 7.91. The molecule has 10 nitrogen and oxygen atoms in total. The van der Waals surface area contributed by atoms with Gasteiger partial charge in [-0.2, -0.15) is 0 Å². The minimum atomic E-state index is -1.12. The molecule has 0 aromatic heterocycles. The smallest absolute Gasteiger partial charge is 0.255 e. The fourth-order valence-electron chi connectivity index (χ4n) is 5.45. The first-order valence-corrected chi connectivity index (χ1v) is 14.8. The van der Waals surface area contributed by atoms with Gasteiger partial charge in [0, 0.05) is 12.6 Å². The molecule has 10 heteroatoms. The molecule has 2 aliphatic rings. The summed E-state index contributed by atoms with van der Waals surface area (Å²) < 4.78 is 6.07. The first-order valence-electron chi connectivity index (χ1n) is 14.8. The van der Waals surface area contributed by atoms with Gasteiger partial charge in [-0.1, -0.05) is 53.2 Å². The Hall–Kier alpha value is -3.14. The molecule has 4 N–H and O–H groups in total. The molecule has 0 saturated carbocycles. The van der Waals surface area contributed by atoms with Crippen LogP contribution in [0.25, 0.3) is 0 Å². The van der Waals surface area contributed by atoms with Crippen molar-refractivity contribution < 1.29 is 23.9 Å². The lowest BCUT2D eigenvalue weighted by atomic mass is 9.96. The van der Waals surface area contributed by atoms with Gasteiger partial charge in [0.15, 0.2) is 0 Å². The highest BCUT2D eigenvalue weighted by atomic mass is 16.5. The number of para-hydroxylation sites is 1. The van der Waals surface area contributed by atoms with Crippen LogP contribution >= 0.6 is 0 Å². The van der Waals surface area contributed by atoms with Crippen LogP contribution in [0.2, 0.25) is 0 Å². The molecule has 4 amide bonds. The average molecular weight is 558 g/mol. The van der Waals surface area contributed by atoms with Crippen molar-refractivity contribution >= 4 is 23.6 Å². The predicted molar refractivity (Wildman–Crippen MR) is 154 cm³/mol. The van der Waals surface area contributed by atoms with Crippen molar-refractivity contribution in [1.29, 1.82) is 0 Å². The first kappa shape index (κ1) is 31.4. The van der Waals surface area contributed by atoms with E-state index in [1.165, 1.54) is 0 Å². The lowest BCUT2D eigenvalue weighted by Crippen LogP contribution is -2.56. The number of benzene rings is 1. The van der Waals surface area contributed by atoms with Gasteiger partial charge in [-0.25, -0.2) is 0 Å². The second kappa shape index (κ2) is 15.0. The van der Waals surface area contributed by atoms with Crippen LogP contribution in [0.15, 0.2) is 24.3 Å². The zero-order valence-corrected chi connectivity index (χ0v) is 24.6. The lowest BCUT2D eigenvalue weighted by molar-refractivity contribution is -0.132. The zero-order chi connectivity index (χ0) is 29.2. The van der Waals surface area contributed by atoms with Crippen LogP contribution < -0.4 is 26.0 Å². The highest BCUT2D eigenvalue weighted by molar-refractivity contribution is 6.01. The predicted octanol–water partition coefficient (Wildman–Crippen LogP) is 2.23. The van der Waals surface area contributed by atoms with E-state index >= 15 is 0 Å². The van der Waals surface area contributed by atoms with Gasteiger partial charge >= 0.3 is 0 Å². The number of nitrogens with zero attached hydrogens (tertiary/aromatic N) is 1. The molecule has 0 aliphatic carbocycles. The lowest BCUT2D eigenvalue weighted by Gasteiger charge is -2.29. The topological polar surface area (TPSA) is 129 Å². The van der Waals surface area contributed by atoms with Gasteiger partial charge in [0.05, 0.1) is 18.0 Å². The van der Waals surface area contributed by atoms with Crippen molar-refractivity contribution in [3.05, 3.63) is 29.8 Å². The second-order valence-electron chi connectivity index (χ2n) is 11.5. The number of likely N-dealkylation sites (N-methyl/N-ethyl adjacent to an activating group) is 1. The van der Waals surface area contributed by atoms with Crippen LogP contribution in [0.1, 0.15) is 77.1 Å². The summed E-state index contributed by atoms with van der Waals surface area (Å²) in [4.78, 5) is 55.7. The molecule has 0 unspecified atom stereocenters. The van der Waals surface area contributed by atoms with Crippen LogP contribution in [-0.4, -0.2) is 78.9 Å². The van der Waals surface area contributed by atoms with Gasteiger partial charge < -0.3 is 26.0 Å². The molecule has 5 atom stereocenters. The number of carbonyl (C=O) groups excluding carboxylic acids is 4. The Balaban J connectivity index is 1.88. The van der Waals surface area contributed by atoms with E-state index in [1.807, 2.05) is 13.8 Å². The van der Waals surface area contributed by atoms with E-state index in [4.69, 9.17) is 4.74 Å². The Morgan fingerprint density at radius 2 is 1.85 bits per heavy atom. The molecule has 222 valence electrons. The summed E-state index contributed by atoms with van der Waals surface area (Å²) >= 11 is 0. The minimum Gasteiger partial charge on any atom is -0.491 e. The number of fused-ring (bicyclic) bond motifs is 1. The van der Waals surface area contributed by atoms with Gasteiger partial charge in [-0.3, -0.25) is 24.1 Å². The summed E-state index contributed by atoms with van der Waals surface area (Å²) in [6, 6.07) is 4.82. The number of amides is 4. The SMILES string of the molecule is CC[C@H](C)[C@@H]1NC(=O)C[C@@H](C(=O)NC[C@@H]2CCCN2CC)NC(=O)c2ccccc2OC[C@@H](CC(C)C)NC1=O. The standard InChI is InChI=1S/C30H47N5O5/c1-6-20(5)27-30(39)32-21(15-19(3)4)18-40-25-13-9-8-12-23(25)28(37)33-24(16-26(36)34-27)29(38)31-17-22-11-10-14-35(22)7-2/h8-9,12-13,19-22,24,27H,6-7,10-11,14-18H2,1-5H3,(H,31,38)(H,32,39)(H,33,37)(H,34,36)/t20-,21+,22-,24-,27-/m0/s1. The van der Waals surface area contributed by atoms with E-state index in [0.29, 0.717) is 25.1 Å². The maximum atomic E-state index is 13.4. The van der Waals surface area contributed by atoms with Crippen molar-refractivity contribution in [2.24, 2.45) is 11.8 Å². The number of likely N-dealkylation sites (tertiary alicyclic amines) is 1. The largest absolute Gasteiger partial charge is 0.491 e. The summed E-state index contributed by atoms with van der Waals surface area (Å²) in [5, 5.41) is 11.6. The normalized spacial score (nSPS) is 25.6. The molecule has 1 aromatic carbocycles. The summed E-state index contributed by atoms with van der Waals surface area (Å²) in [7, 11) is 0. The Morgan fingerprint density at radius 1 is 1.10 bits per heavy atom. The molecule has 0 bridgehead atoms. The molecule has 1 aromatic rings. The third-order valence-corrected chi connectivity index (χ3v) is 7.91. The fourth-order valence-corrected chi connectivity index (χ4v) is 5.45. The Morgan fingerprint density at radius 3 is 2.55 bits per heavy atom. The van der Waals surface area contributed by atoms with Crippen molar-refractivity contribution in [2.45, 2.75) is 90.9 Å². The first-order chi connectivity index (χ1) is 19.1. The van der Waals surface area contributed by atoms with Gasteiger partial charge in [-0.05, 0) is 56.3 Å². The maximum Gasteiger partial charge on any atom is 0.255 e. The van der Waals surface area contributed by atoms with E-state index in [9.17, 15) is 19.2 Å². The molecule has 0 radical (unpaired) electrons. The number of rotatable bonds is 8. The fraction of sp³-hybridized carbons (Fsp3) is 0.667. The van der Waals surface area contributed by atoms with Crippen LogP contribution in [0.5, 0.6) is 5.75 Å². The van der Waals surface area contributed by atoms with Crippen molar-refractivity contribution in [1.82, 2.24) is 26.2 Å². The Kier molecular flexibility index (Phi) is 11.8. The molecule has 3 rings (SSSR count). The monoisotopic (exact) mass is 557 g/mol. The quantitative estimate of drug-likeness (QED) is 0.388. The van der Waals surface area contributed by atoms with E-state index in [1.54, 1.807) is 24.3 Å². The number of hydrogen-bond donors (Lipinski definition) is 4. The summed E-state index contributed by atoms with van der Waals surface area (Å²) in [5.74, 6) is -1.18. The number of carbonyl (C=O) groups is 4. The molecular formula is C30H47N5O5.